The zero-order chi connectivity index (χ0) is 19.2. The van der Waals surface area contributed by atoms with Crippen LogP contribution in [0.25, 0.3) is 16.9 Å². The molecule has 140 valence electrons. The summed E-state index contributed by atoms with van der Waals surface area (Å²) >= 11 is 0. The van der Waals surface area contributed by atoms with Gasteiger partial charge in [0.1, 0.15) is 11.4 Å². The Morgan fingerprint density at radius 3 is 2.59 bits per heavy atom. The minimum atomic E-state index is -0.200. The van der Waals surface area contributed by atoms with Gasteiger partial charge in [-0.05, 0) is 37.3 Å². The molecular weight excluding hydrogens is 342 g/mol. The Labute approximate surface area is 158 Å². The van der Waals surface area contributed by atoms with Gasteiger partial charge in [0, 0.05) is 19.2 Å². The van der Waals surface area contributed by atoms with Crippen LogP contribution in [0.15, 0.2) is 54.6 Å². The van der Waals surface area contributed by atoms with Gasteiger partial charge in [-0.2, -0.15) is 5.10 Å². The zero-order valence-electron chi connectivity index (χ0n) is 15.7. The molecule has 0 fully saturated rings. The lowest BCUT2D eigenvalue weighted by Gasteiger charge is -2.08. The molecule has 27 heavy (non-hydrogen) atoms. The number of aromatic nitrogens is 2. The number of ether oxygens (including phenoxy) is 2. The van der Waals surface area contributed by atoms with E-state index in [2.05, 4.69) is 10.4 Å². The maximum Gasteiger partial charge on any atom is 0.270 e. The number of benzene rings is 2. The maximum absolute atomic E-state index is 12.7. The Kier molecular flexibility index (Phi) is 5.88. The van der Waals surface area contributed by atoms with Gasteiger partial charge in [-0.3, -0.25) is 4.79 Å². The summed E-state index contributed by atoms with van der Waals surface area (Å²) in [7, 11) is 3.22. The Morgan fingerprint density at radius 2 is 1.89 bits per heavy atom. The Balaban J connectivity index is 2.02. The molecule has 1 aromatic heterocycles. The van der Waals surface area contributed by atoms with Crippen molar-refractivity contribution in [3.05, 3.63) is 65.9 Å². The molecule has 1 amide bonds. The first-order chi connectivity index (χ1) is 13.1. The van der Waals surface area contributed by atoms with E-state index >= 15 is 0 Å². The summed E-state index contributed by atoms with van der Waals surface area (Å²) in [6, 6.07) is 17.3. The number of carbonyl (C=O) groups excluding carboxylic acids is 1. The first-order valence-electron chi connectivity index (χ1n) is 8.71. The van der Waals surface area contributed by atoms with Crippen LogP contribution in [0.1, 0.15) is 16.1 Å². The average molecular weight is 365 g/mol. The van der Waals surface area contributed by atoms with Gasteiger partial charge in [0.15, 0.2) is 0 Å². The number of aryl methyl sites for hydroxylation is 1. The van der Waals surface area contributed by atoms with E-state index in [1.54, 1.807) is 25.0 Å². The van der Waals surface area contributed by atoms with Crippen molar-refractivity contribution in [1.29, 1.82) is 0 Å². The van der Waals surface area contributed by atoms with Crippen LogP contribution in [0.4, 0.5) is 0 Å². The van der Waals surface area contributed by atoms with E-state index in [4.69, 9.17) is 9.47 Å². The number of hydrogen-bond donors (Lipinski definition) is 1. The van der Waals surface area contributed by atoms with Gasteiger partial charge in [0.25, 0.3) is 5.91 Å². The third kappa shape index (κ3) is 4.35. The second-order valence-corrected chi connectivity index (χ2v) is 6.14. The van der Waals surface area contributed by atoms with Crippen molar-refractivity contribution in [2.24, 2.45) is 0 Å². The van der Waals surface area contributed by atoms with Crippen LogP contribution in [0.2, 0.25) is 0 Å². The SMILES string of the molecule is COCCNC(=O)c1cc(-c2cccc(OC)c2)nn1-c1ccc(C)cc1. The molecular formula is C21H23N3O3. The highest BCUT2D eigenvalue weighted by molar-refractivity contribution is 5.94. The van der Waals surface area contributed by atoms with Crippen molar-refractivity contribution >= 4 is 5.91 Å². The highest BCUT2D eigenvalue weighted by Crippen LogP contribution is 2.25. The van der Waals surface area contributed by atoms with E-state index in [0.29, 0.717) is 24.5 Å². The molecule has 0 saturated carbocycles. The standard InChI is InChI=1S/C21H23N3O3/c1-15-7-9-17(10-8-15)24-20(21(25)22-11-12-26-2)14-19(23-24)16-5-4-6-18(13-16)27-3/h4-10,13-14H,11-12H2,1-3H3,(H,22,25). The lowest BCUT2D eigenvalue weighted by molar-refractivity contribution is 0.0929. The fourth-order valence-corrected chi connectivity index (χ4v) is 2.71. The Hall–Kier alpha value is -3.12. The first-order valence-corrected chi connectivity index (χ1v) is 8.71. The molecule has 0 aliphatic rings. The number of nitrogens with zero attached hydrogens (tertiary/aromatic N) is 2. The summed E-state index contributed by atoms with van der Waals surface area (Å²) < 4.78 is 12.0. The number of nitrogens with one attached hydrogen (secondary N) is 1. The third-order valence-electron chi connectivity index (χ3n) is 4.18. The van der Waals surface area contributed by atoms with Crippen molar-refractivity contribution < 1.29 is 14.3 Å². The molecule has 0 aliphatic carbocycles. The van der Waals surface area contributed by atoms with Crippen molar-refractivity contribution in [3.63, 3.8) is 0 Å². The number of carbonyl (C=O) groups is 1. The number of rotatable bonds is 7. The van der Waals surface area contributed by atoms with Crippen LogP contribution in [0.5, 0.6) is 5.75 Å². The van der Waals surface area contributed by atoms with Crippen molar-refractivity contribution in [1.82, 2.24) is 15.1 Å². The number of methoxy groups -OCH3 is 2. The summed E-state index contributed by atoms with van der Waals surface area (Å²) in [5.41, 5.74) is 4.02. The van der Waals surface area contributed by atoms with Crippen LogP contribution >= 0.6 is 0 Å². The molecule has 0 spiro atoms. The molecule has 0 atom stereocenters. The molecule has 2 aromatic carbocycles. The minimum Gasteiger partial charge on any atom is -0.497 e. The van der Waals surface area contributed by atoms with Gasteiger partial charge in [-0.25, -0.2) is 4.68 Å². The second-order valence-electron chi connectivity index (χ2n) is 6.14. The molecule has 0 aliphatic heterocycles. The maximum atomic E-state index is 12.7. The molecule has 0 radical (unpaired) electrons. The van der Waals surface area contributed by atoms with Crippen LogP contribution in [-0.4, -0.2) is 43.1 Å². The summed E-state index contributed by atoms with van der Waals surface area (Å²) in [5.74, 6) is 0.540. The van der Waals surface area contributed by atoms with Gasteiger partial charge in [0.2, 0.25) is 0 Å². The van der Waals surface area contributed by atoms with Gasteiger partial charge >= 0.3 is 0 Å². The minimum absolute atomic E-state index is 0.200. The van der Waals surface area contributed by atoms with Gasteiger partial charge in [-0.1, -0.05) is 29.8 Å². The van der Waals surface area contributed by atoms with E-state index in [0.717, 1.165) is 22.6 Å². The summed E-state index contributed by atoms with van der Waals surface area (Å²) in [6.07, 6.45) is 0. The molecule has 0 saturated heterocycles. The molecule has 1 N–H and O–H groups in total. The van der Waals surface area contributed by atoms with Crippen LogP contribution in [0, 0.1) is 6.92 Å². The Morgan fingerprint density at radius 1 is 1.11 bits per heavy atom. The highest BCUT2D eigenvalue weighted by atomic mass is 16.5. The summed E-state index contributed by atoms with van der Waals surface area (Å²) in [4.78, 5) is 12.7. The summed E-state index contributed by atoms with van der Waals surface area (Å²) in [5, 5.41) is 7.53. The normalized spacial score (nSPS) is 10.6. The lowest BCUT2D eigenvalue weighted by Crippen LogP contribution is -2.28. The van der Waals surface area contributed by atoms with Crippen molar-refractivity contribution in [2.45, 2.75) is 6.92 Å². The predicted octanol–water partition coefficient (Wildman–Crippen LogP) is 3.23. The van der Waals surface area contributed by atoms with E-state index in [1.165, 1.54) is 0 Å². The van der Waals surface area contributed by atoms with Gasteiger partial charge < -0.3 is 14.8 Å². The van der Waals surface area contributed by atoms with E-state index in [-0.39, 0.29) is 5.91 Å². The lowest BCUT2D eigenvalue weighted by atomic mass is 10.1. The smallest absolute Gasteiger partial charge is 0.270 e. The quantitative estimate of drug-likeness (QED) is 0.653. The third-order valence-corrected chi connectivity index (χ3v) is 4.18. The number of hydrogen-bond acceptors (Lipinski definition) is 4. The monoisotopic (exact) mass is 365 g/mol. The largest absolute Gasteiger partial charge is 0.497 e. The Bertz CT molecular complexity index is 917. The van der Waals surface area contributed by atoms with Crippen LogP contribution in [-0.2, 0) is 4.74 Å². The van der Waals surface area contributed by atoms with Crippen LogP contribution in [0.3, 0.4) is 0 Å². The fourth-order valence-electron chi connectivity index (χ4n) is 2.71. The van der Waals surface area contributed by atoms with Crippen molar-refractivity contribution in [3.8, 4) is 22.7 Å². The summed E-state index contributed by atoms with van der Waals surface area (Å²) in [6.45, 7) is 2.91. The van der Waals surface area contributed by atoms with E-state index in [1.807, 2.05) is 55.5 Å². The molecule has 3 aromatic rings. The number of amides is 1. The predicted molar refractivity (Wildman–Crippen MR) is 104 cm³/mol. The first kappa shape index (κ1) is 18.7. The molecule has 1 heterocycles. The zero-order valence-corrected chi connectivity index (χ0v) is 15.7. The van der Waals surface area contributed by atoms with E-state index < -0.39 is 0 Å². The fraction of sp³-hybridized carbons (Fsp3) is 0.238. The molecule has 0 bridgehead atoms. The van der Waals surface area contributed by atoms with Gasteiger partial charge in [-0.15, -0.1) is 0 Å². The second kappa shape index (κ2) is 8.51. The molecule has 6 nitrogen and oxygen atoms in total. The van der Waals surface area contributed by atoms with Crippen molar-refractivity contribution in [2.75, 3.05) is 27.4 Å². The van der Waals surface area contributed by atoms with E-state index in [9.17, 15) is 4.79 Å². The van der Waals surface area contributed by atoms with Gasteiger partial charge in [0.05, 0.1) is 25.1 Å². The van der Waals surface area contributed by atoms with Crippen LogP contribution < -0.4 is 10.1 Å². The highest BCUT2D eigenvalue weighted by Gasteiger charge is 2.17. The topological polar surface area (TPSA) is 65.4 Å². The molecule has 0 unspecified atom stereocenters. The molecule has 3 rings (SSSR count). The molecule has 6 heteroatoms. The average Bonchev–Trinajstić information content (AvgIpc) is 3.14.